The van der Waals surface area contributed by atoms with Gasteiger partial charge in [-0.25, -0.2) is 0 Å². The van der Waals surface area contributed by atoms with Crippen molar-refractivity contribution in [3.05, 3.63) is 54.1 Å². The molecule has 1 aromatic heterocycles. The van der Waals surface area contributed by atoms with Crippen LogP contribution in [0.25, 0.3) is 0 Å². The Kier molecular flexibility index (Phi) is 4.65. The van der Waals surface area contributed by atoms with Crippen molar-refractivity contribution in [1.29, 1.82) is 0 Å². The van der Waals surface area contributed by atoms with E-state index in [0.29, 0.717) is 22.7 Å². The largest absolute Gasteiger partial charge is 0.302 e. The number of carbonyl (C=O) groups excluding carboxylic acids is 2. The lowest BCUT2D eigenvalue weighted by molar-refractivity contribution is -0.127. The minimum atomic E-state index is -1.12. The molecule has 2 N–H and O–H groups in total. The number of para-hydroxylation sites is 1. The van der Waals surface area contributed by atoms with E-state index >= 15 is 0 Å². The highest BCUT2D eigenvalue weighted by Crippen LogP contribution is 2.28. The first kappa shape index (κ1) is 17.9. The third-order valence-electron chi connectivity index (χ3n) is 4.18. The molecule has 3 rings (SSSR count). The van der Waals surface area contributed by atoms with Crippen molar-refractivity contribution in [3.63, 3.8) is 0 Å². The number of aliphatic imine (C=N–C) groups is 1. The van der Waals surface area contributed by atoms with Gasteiger partial charge in [0.25, 0.3) is 5.91 Å². The van der Waals surface area contributed by atoms with Crippen LogP contribution < -0.4 is 10.6 Å². The highest BCUT2D eigenvalue weighted by atomic mass is 16.2. The maximum absolute atomic E-state index is 12.9. The van der Waals surface area contributed by atoms with E-state index in [1.165, 1.54) is 4.90 Å². The van der Waals surface area contributed by atoms with Gasteiger partial charge in [-0.3, -0.25) is 24.5 Å². The molecule has 0 saturated carbocycles. The summed E-state index contributed by atoms with van der Waals surface area (Å²) in [5.41, 5.74) is 7.74. The molecule has 0 radical (unpaired) electrons. The van der Waals surface area contributed by atoms with Gasteiger partial charge in [0.05, 0.1) is 24.1 Å². The molecule has 1 amide bonds. The molecule has 26 heavy (non-hydrogen) atoms. The van der Waals surface area contributed by atoms with Crippen molar-refractivity contribution >= 4 is 23.1 Å². The average Bonchev–Trinajstić information content (AvgIpc) is 2.72. The summed E-state index contributed by atoms with van der Waals surface area (Å²) < 4.78 is 0. The Morgan fingerprint density at radius 1 is 1.23 bits per heavy atom. The van der Waals surface area contributed by atoms with Crippen LogP contribution in [0.1, 0.15) is 32.0 Å². The fraction of sp³-hybridized carbons (Fsp3) is 0.316. The molecule has 0 aliphatic carbocycles. The second kappa shape index (κ2) is 6.76. The van der Waals surface area contributed by atoms with Gasteiger partial charge in [-0.2, -0.15) is 0 Å². The number of nitrogens with two attached hydrogens (primary N) is 1. The predicted octanol–water partition coefficient (Wildman–Crippen LogP) is 1.56. The van der Waals surface area contributed by atoms with Crippen LogP contribution in [0.2, 0.25) is 0 Å². The molecule has 0 saturated heterocycles. The van der Waals surface area contributed by atoms with Crippen molar-refractivity contribution in [3.8, 4) is 0 Å². The van der Waals surface area contributed by atoms with E-state index in [0.717, 1.165) is 0 Å². The lowest BCUT2D eigenvalue weighted by Gasteiger charge is -2.27. The average molecular weight is 351 g/mol. The Balaban J connectivity index is 2.12. The fourth-order valence-electron chi connectivity index (χ4n) is 2.62. The van der Waals surface area contributed by atoms with Gasteiger partial charge in [-0.05, 0) is 6.07 Å². The summed E-state index contributed by atoms with van der Waals surface area (Å²) in [6, 6.07) is 7.28. The van der Waals surface area contributed by atoms with E-state index in [1.807, 2.05) is 39.0 Å². The Bertz CT molecular complexity index is 871. The van der Waals surface area contributed by atoms with Crippen molar-refractivity contribution in [2.24, 2.45) is 16.1 Å². The molecule has 2 aromatic rings. The first-order valence-corrected chi connectivity index (χ1v) is 8.33. The first-order chi connectivity index (χ1) is 12.3. The summed E-state index contributed by atoms with van der Waals surface area (Å²) in [4.78, 5) is 39.6. The van der Waals surface area contributed by atoms with E-state index in [-0.39, 0.29) is 12.3 Å². The number of ketones is 1. The van der Waals surface area contributed by atoms with E-state index in [9.17, 15) is 9.59 Å². The highest BCUT2D eigenvalue weighted by Gasteiger charge is 2.33. The number of nitrogens with zero attached hydrogens (tertiary/aromatic N) is 4. The Morgan fingerprint density at radius 3 is 2.62 bits per heavy atom. The molecule has 7 nitrogen and oxygen atoms in total. The second-order valence-electron chi connectivity index (χ2n) is 7.13. The van der Waals surface area contributed by atoms with Gasteiger partial charge in [0, 0.05) is 23.4 Å². The molecule has 0 fully saturated rings. The monoisotopic (exact) mass is 351 g/mol. The van der Waals surface area contributed by atoms with Crippen LogP contribution in [0.5, 0.6) is 0 Å². The zero-order valence-corrected chi connectivity index (χ0v) is 15.0. The number of Topliss-reactive ketones (excluding diaryl/α,β-unsaturated/α-hetero) is 1. The Hall–Kier alpha value is -2.93. The maximum atomic E-state index is 12.9. The fourth-order valence-corrected chi connectivity index (χ4v) is 2.62. The number of amides is 1. The number of hydrogen-bond acceptors (Lipinski definition) is 6. The summed E-state index contributed by atoms with van der Waals surface area (Å²) in [5, 5.41) is 0. The van der Waals surface area contributed by atoms with Gasteiger partial charge in [0.15, 0.2) is 11.9 Å². The third-order valence-corrected chi connectivity index (χ3v) is 4.18. The number of benzene rings is 1. The van der Waals surface area contributed by atoms with Crippen molar-refractivity contribution < 1.29 is 9.59 Å². The van der Waals surface area contributed by atoms with Gasteiger partial charge in [0.2, 0.25) is 0 Å². The zero-order valence-electron chi connectivity index (χ0n) is 15.0. The molecule has 1 aliphatic rings. The zero-order chi connectivity index (χ0) is 18.9. The van der Waals surface area contributed by atoms with Gasteiger partial charge < -0.3 is 10.6 Å². The Morgan fingerprint density at radius 2 is 1.96 bits per heavy atom. The quantitative estimate of drug-likeness (QED) is 0.904. The molecule has 1 unspecified atom stereocenters. The third kappa shape index (κ3) is 3.39. The summed E-state index contributed by atoms with van der Waals surface area (Å²) in [7, 11) is 0. The van der Waals surface area contributed by atoms with Crippen LogP contribution in [-0.2, 0) is 9.59 Å². The van der Waals surface area contributed by atoms with Crippen LogP contribution in [0, 0.1) is 5.41 Å². The lowest BCUT2D eigenvalue weighted by atomic mass is 9.90. The molecule has 1 aromatic carbocycles. The number of rotatable bonds is 3. The normalized spacial score (nSPS) is 17.4. The van der Waals surface area contributed by atoms with E-state index in [4.69, 9.17) is 5.73 Å². The van der Waals surface area contributed by atoms with Crippen LogP contribution in [0.3, 0.4) is 0 Å². The van der Waals surface area contributed by atoms with Crippen molar-refractivity contribution in [1.82, 2.24) is 9.97 Å². The molecule has 7 heteroatoms. The number of anilines is 1. The predicted molar refractivity (Wildman–Crippen MR) is 98.9 cm³/mol. The van der Waals surface area contributed by atoms with Gasteiger partial charge in [0.1, 0.15) is 5.69 Å². The van der Waals surface area contributed by atoms with Crippen LogP contribution >= 0.6 is 0 Å². The van der Waals surface area contributed by atoms with E-state index in [2.05, 4.69) is 15.0 Å². The maximum Gasteiger partial charge on any atom is 0.266 e. The van der Waals surface area contributed by atoms with Crippen LogP contribution in [0.15, 0.2) is 47.8 Å². The second-order valence-corrected chi connectivity index (χ2v) is 7.13. The number of fused-ring (bicyclic) bond motifs is 1. The molecule has 0 spiro atoms. The molecule has 1 atom stereocenters. The topological polar surface area (TPSA) is 102 Å². The summed E-state index contributed by atoms with van der Waals surface area (Å²) in [6.45, 7) is 5.41. The summed E-state index contributed by atoms with van der Waals surface area (Å²) >= 11 is 0. The van der Waals surface area contributed by atoms with E-state index in [1.54, 1.807) is 24.7 Å². The molecule has 134 valence electrons. The Labute approximate surface area is 152 Å². The number of benzodiazepines with no additional fused rings is 1. The molecular formula is C19H21N5O2. The standard InChI is InChI=1S/C19H21N5O2/c1-19(2,3)15(25)11-24-14-7-5-4-6-12(14)16(23-17(20)18(24)26)13-10-21-8-9-22-13/h4-10,17H,11,20H2,1-3H3. The van der Waals surface area contributed by atoms with Gasteiger partial charge in [-0.1, -0.05) is 39.0 Å². The van der Waals surface area contributed by atoms with E-state index < -0.39 is 17.5 Å². The molecular weight excluding hydrogens is 330 g/mol. The van der Waals surface area contributed by atoms with Crippen molar-refractivity contribution in [2.75, 3.05) is 11.4 Å². The van der Waals surface area contributed by atoms with Gasteiger partial charge >= 0.3 is 0 Å². The lowest BCUT2D eigenvalue weighted by Crippen LogP contribution is -2.46. The summed E-state index contributed by atoms with van der Waals surface area (Å²) in [5.74, 6) is -0.482. The molecule has 0 bridgehead atoms. The van der Waals surface area contributed by atoms with Crippen LogP contribution in [-0.4, -0.2) is 40.1 Å². The van der Waals surface area contributed by atoms with Gasteiger partial charge in [-0.15, -0.1) is 0 Å². The minimum absolute atomic E-state index is 0.0592. The minimum Gasteiger partial charge on any atom is -0.302 e. The molecule has 1 aliphatic heterocycles. The smallest absolute Gasteiger partial charge is 0.266 e. The number of carbonyl (C=O) groups is 2. The SMILES string of the molecule is CC(C)(C)C(=O)CN1C(=O)C(N)N=C(c2cnccn2)c2ccccc21. The first-order valence-electron chi connectivity index (χ1n) is 8.33. The summed E-state index contributed by atoms with van der Waals surface area (Å²) in [6.07, 6.45) is 3.57. The highest BCUT2D eigenvalue weighted by molar-refractivity contribution is 6.19. The molecule has 2 heterocycles. The van der Waals surface area contributed by atoms with Crippen LogP contribution in [0.4, 0.5) is 5.69 Å². The number of hydrogen-bond donors (Lipinski definition) is 1. The van der Waals surface area contributed by atoms with Crippen molar-refractivity contribution in [2.45, 2.75) is 26.9 Å². The number of aromatic nitrogens is 2.